The Balaban J connectivity index is 2.01. The molecule has 28 heavy (non-hydrogen) atoms. The summed E-state index contributed by atoms with van der Waals surface area (Å²) in [6.45, 7) is -0.254. The SMILES string of the molecule is CN(Cc1cc(C(F)(F)F)cc(-c2ccccc2)c1[O])C(=O)c1cccnc1. The zero-order valence-corrected chi connectivity index (χ0v) is 14.9. The van der Waals surface area contributed by atoms with E-state index in [1.54, 1.807) is 42.5 Å². The summed E-state index contributed by atoms with van der Waals surface area (Å²) >= 11 is 0. The molecule has 0 aliphatic rings. The third kappa shape index (κ3) is 4.14. The number of hydrogen-bond donors (Lipinski definition) is 0. The van der Waals surface area contributed by atoms with Crippen LogP contribution in [0, 0.1) is 0 Å². The van der Waals surface area contributed by atoms with Gasteiger partial charge in [-0.05, 0) is 29.8 Å². The highest BCUT2D eigenvalue weighted by molar-refractivity contribution is 5.93. The van der Waals surface area contributed by atoms with E-state index in [9.17, 15) is 23.1 Å². The van der Waals surface area contributed by atoms with Crippen molar-refractivity contribution in [2.45, 2.75) is 12.7 Å². The van der Waals surface area contributed by atoms with Gasteiger partial charge in [0.1, 0.15) is 0 Å². The Morgan fingerprint density at radius 2 is 1.79 bits per heavy atom. The largest absolute Gasteiger partial charge is 0.416 e. The van der Waals surface area contributed by atoms with Gasteiger partial charge in [0.05, 0.1) is 11.1 Å². The van der Waals surface area contributed by atoms with Gasteiger partial charge in [-0.2, -0.15) is 13.2 Å². The molecule has 0 bridgehead atoms. The molecule has 1 radical (unpaired) electrons. The van der Waals surface area contributed by atoms with Gasteiger partial charge in [-0.1, -0.05) is 30.3 Å². The fraction of sp³-hybridized carbons (Fsp3) is 0.143. The van der Waals surface area contributed by atoms with E-state index in [0.29, 0.717) is 5.56 Å². The molecule has 1 amide bonds. The van der Waals surface area contributed by atoms with Crippen LogP contribution in [0.1, 0.15) is 21.5 Å². The molecule has 0 atom stereocenters. The molecule has 0 unspecified atom stereocenters. The summed E-state index contributed by atoms with van der Waals surface area (Å²) in [6.07, 6.45) is -1.75. The van der Waals surface area contributed by atoms with E-state index >= 15 is 0 Å². The van der Waals surface area contributed by atoms with Crippen LogP contribution >= 0.6 is 0 Å². The number of alkyl halides is 3. The van der Waals surface area contributed by atoms with Gasteiger partial charge in [-0.3, -0.25) is 14.9 Å². The van der Waals surface area contributed by atoms with Gasteiger partial charge in [0, 0.05) is 37.1 Å². The van der Waals surface area contributed by atoms with Gasteiger partial charge in [-0.15, -0.1) is 0 Å². The van der Waals surface area contributed by atoms with Crippen LogP contribution in [0.15, 0.2) is 67.0 Å². The smallest absolute Gasteiger partial charge is 0.337 e. The maximum Gasteiger partial charge on any atom is 0.416 e. The van der Waals surface area contributed by atoms with Crippen molar-refractivity contribution in [3.05, 3.63) is 83.7 Å². The lowest BCUT2D eigenvalue weighted by Gasteiger charge is -2.20. The highest BCUT2D eigenvalue weighted by Gasteiger charge is 2.33. The molecular weight excluding hydrogens is 369 g/mol. The molecule has 0 aliphatic carbocycles. The molecule has 2 aromatic carbocycles. The van der Waals surface area contributed by atoms with E-state index in [-0.39, 0.29) is 23.2 Å². The molecule has 7 heteroatoms. The van der Waals surface area contributed by atoms with Crippen LogP contribution in [0.4, 0.5) is 13.2 Å². The van der Waals surface area contributed by atoms with E-state index in [0.717, 1.165) is 12.1 Å². The summed E-state index contributed by atoms with van der Waals surface area (Å²) in [4.78, 5) is 17.5. The van der Waals surface area contributed by atoms with E-state index in [1.807, 2.05) is 0 Å². The lowest BCUT2D eigenvalue weighted by atomic mass is 9.97. The standard InChI is InChI=1S/C21H16F3N2O2/c1-26(20(28)15-8-5-9-25-12-15)13-16-10-17(21(22,23)24)11-18(19(16)27)14-6-3-2-4-7-14/h2-12H,13H2,1H3. The Morgan fingerprint density at radius 1 is 1.07 bits per heavy atom. The Bertz CT molecular complexity index is 974. The van der Waals surface area contributed by atoms with Crippen molar-refractivity contribution < 1.29 is 23.1 Å². The van der Waals surface area contributed by atoms with Gasteiger partial charge in [0.2, 0.25) is 0 Å². The average Bonchev–Trinajstić information content (AvgIpc) is 2.69. The minimum atomic E-state index is -4.61. The van der Waals surface area contributed by atoms with Gasteiger partial charge >= 0.3 is 6.18 Å². The first-order valence-electron chi connectivity index (χ1n) is 8.39. The van der Waals surface area contributed by atoms with Crippen LogP contribution in [-0.4, -0.2) is 22.8 Å². The predicted molar refractivity (Wildman–Crippen MR) is 97.0 cm³/mol. The van der Waals surface area contributed by atoms with E-state index in [4.69, 9.17) is 0 Å². The third-order valence-corrected chi connectivity index (χ3v) is 4.24. The highest BCUT2D eigenvalue weighted by atomic mass is 19.4. The highest BCUT2D eigenvalue weighted by Crippen LogP contribution is 2.40. The number of rotatable bonds is 4. The number of carbonyl (C=O) groups is 1. The van der Waals surface area contributed by atoms with Crippen molar-refractivity contribution in [2.24, 2.45) is 0 Å². The van der Waals surface area contributed by atoms with Crippen LogP contribution in [0.2, 0.25) is 0 Å². The minimum Gasteiger partial charge on any atom is -0.337 e. The first kappa shape index (κ1) is 19.4. The second-order valence-electron chi connectivity index (χ2n) is 6.28. The molecule has 0 saturated carbocycles. The molecule has 0 saturated heterocycles. The van der Waals surface area contributed by atoms with Crippen molar-refractivity contribution in [1.82, 2.24) is 9.88 Å². The van der Waals surface area contributed by atoms with E-state index in [2.05, 4.69) is 4.98 Å². The number of halogens is 3. The number of amides is 1. The van der Waals surface area contributed by atoms with Crippen LogP contribution in [0.25, 0.3) is 11.1 Å². The van der Waals surface area contributed by atoms with Crippen LogP contribution in [-0.2, 0) is 17.8 Å². The first-order chi connectivity index (χ1) is 13.3. The Morgan fingerprint density at radius 3 is 2.39 bits per heavy atom. The number of benzene rings is 2. The molecule has 0 aliphatic heterocycles. The molecule has 0 spiro atoms. The lowest BCUT2D eigenvalue weighted by Crippen LogP contribution is -2.26. The van der Waals surface area contributed by atoms with Gasteiger partial charge in [-0.25, -0.2) is 0 Å². The molecule has 0 fully saturated rings. The van der Waals surface area contributed by atoms with Crippen LogP contribution in [0.5, 0.6) is 5.75 Å². The van der Waals surface area contributed by atoms with Crippen molar-refractivity contribution in [2.75, 3.05) is 7.05 Å². The number of carbonyl (C=O) groups excluding carboxylic acids is 1. The molecule has 3 rings (SSSR count). The maximum absolute atomic E-state index is 13.4. The Hall–Kier alpha value is -3.35. The topological polar surface area (TPSA) is 53.1 Å². The van der Waals surface area contributed by atoms with Crippen molar-refractivity contribution in [3.8, 4) is 16.9 Å². The van der Waals surface area contributed by atoms with E-state index in [1.165, 1.54) is 24.3 Å². The summed E-state index contributed by atoms with van der Waals surface area (Å²) < 4.78 is 40.1. The lowest BCUT2D eigenvalue weighted by molar-refractivity contribution is -0.137. The second kappa shape index (κ2) is 7.72. The number of aromatic nitrogens is 1. The van der Waals surface area contributed by atoms with Gasteiger partial charge < -0.3 is 4.90 Å². The maximum atomic E-state index is 13.4. The fourth-order valence-corrected chi connectivity index (χ4v) is 2.84. The molecule has 0 N–H and O–H groups in total. The fourth-order valence-electron chi connectivity index (χ4n) is 2.84. The summed E-state index contributed by atoms with van der Waals surface area (Å²) in [5.41, 5.74) is -0.405. The number of pyridine rings is 1. The summed E-state index contributed by atoms with van der Waals surface area (Å²) in [6, 6.07) is 12.9. The monoisotopic (exact) mass is 385 g/mol. The normalized spacial score (nSPS) is 11.3. The van der Waals surface area contributed by atoms with Crippen LogP contribution < -0.4 is 0 Å². The summed E-state index contributed by atoms with van der Waals surface area (Å²) in [5.74, 6) is -0.976. The average molecular weight is 385 g/mol. The quantitative estimate of drug-likeness (QED) is 0.621. The van der Waals surface area contributed by atoms with E-state index < -0.39 is 23.4 Å². The molecule has 1 heterocycles. The minimum absolute atomic E-state index is 0.0485. The third-order valence-electron chi connectivity index (χ3n) is 4.24. The van der Waals surface area contributed by atoms with Crippen molar-refractivity contribution in [3.63, 3.8) is 0 Å². The van der Waals surface area contributed by atoms with Gasteiger partial charge in [0.15, 0.2) is 5.75 Å². The second-order valence-corrected chi connectivity index (χ2v) is 6.28. The number of hydrogen-bond acceptors (Lipinski definition) is 2. The van der Waals surface area contributed by atoms with Gasteiger partial charge in [0.25, 0.3) is 5.91 Å². The van der Waals surface area contributed by atoms with Crippen molar-refractivity contribution in [1.29, 1.82) is 0 Å². The molecular formula is C21H16F3N2O2. The zero-order chi connectivity index (χ0) is 20.3. The molecule has 1 aromatic heterocycles. The molecule has 3 aromatic rings. The zero-order valence-electron chi connectivity index (χ0n) is 14.9. The van der Waals surface area contributed by atoms with Crippen molar-refractivity contribution >= 4 is 5.91 Å². The van der Waals surface area contributed by atoms with Crippen LogP contribution in [0.3, 0.4) is 0 Å². The Kier molecular flexibility index (Phi) is 5.35. The Labute approximate surface area is 159 Å². The molecule has 4 nitrogen and oxygen atoms in total. The predicted octanol–water partition coefficient (Wildman–Crippen LogP) is 5.18. The summed E-state index contributed by atoms with van der Waals surface area (Å²) in [5, 5.41) is 12.8. The molecule has 143 valence electrons. The number of nitrogens with zero attached hydrogens (tertiary/aromatic N) is 2. The summed E-state index contributed by atoms with van der Waals surface area (Å²) in [7, 11) is 1.43. The first-order valence-corrected chi connectivity index (χ1v) is 8.39.